The van der Waals surface area contributed by atoms with Crippen LogP contribution < -0.4 is 5.32 Å². The summed E-state index contributed by atoms with van der Waals surface area (Å²) in [6, 6.07) is -0.386. The third-order valence-corrected chi connectivity index (χ3v) is 4.17. The molecule has 0 aliphatic heterocycles. The zero-order chi connectivity index (χ0) is 14.8. The summed E-state index contributed by atoms with van der Waals surface area (Å²) in [5, 5.41) is 11.9. The fraction of sp³-hybridized carbons (Fsp3) is 0.615. The zero-order valence-corrected chi connectivity index (χ0v) is 12.0. The topological polar surface area (TPSA) is 75.1 Å². The van der Waals surface area contributed by atoms with Gasteiger partial charge in [0, 0.05) is 6.04 Å². The van der Waals surface area contributed by atoms with E-state index in [2.05, 4.69) is 15.3 Å². The second-order valence-electron chi connectivity index (χ2n) is 5.49. The van der Waals surface area contributed by atoms with E-state index < -0.39 is 11.8 Å². The van der Waals surface area contributed by atoms with Crippen LogP contribution in [0.4, 0.5) is 10.2 Å². The van der Waals surface area contributed by atoms with Gasteiger partial charge in [-0.3, -0.25) is 4.79 Å². The number of aliphatic carboxylic acids is 1. The van der Waals surface area contributed by atoms with Crippen molar-refractivity contribution in [3.8, 4) is 0 Å². The number of carboxylic acids is 1. The molecular formula is C13H17ClFN3O2. The Morgan fingerprint density at radius 2 is 2.25 bits per heavy atom. The standard InChI is InChI=1S/C13H17ClFN3O2/c1-13(4-2-3-5-13)9(6-10(19)20)17-11-8(15)7-16-12(14)18-11/h7,9H,2-6H2,1H3,(H,19,20)(H,16,17,18). The molecule has 0 radical (unpaired) electrons. The van der Waals surface area contributed by atoms with Crippen LogP contribution in [-0.2, 0) is 4.79 Å². The van der Waals surface area contributed by atoms with Gasteiger partial charge in [-0.25, -0.2) is 9.37 Å². The Morgan fingerprint density at radius 3 is 2.85 bits per heavy atom. The molecule has 0 aromatic carbocycles. The summed E-state index contributed by atoms with van der Waals surface area (Å²) in [6.45, 7) is 2.03. The van der Waals surface area contributed by atoms with Crippen molar-refractivity contribution in [3.63, 3.8) is 0 Å². The van der Waals surface area contributed by atoms with Crippen molar-refractivity contribution < 1.29 is 14.3 Å². The molecule has 2 N–H and O–H groups in total. The van der Waals surface area contributed by atoms with Crippen molar-refractivity contribution in [3.05, 3.63) is 17.3 Å². The van der Waals surface area contributed by atoms with Gasteiger partial charge < -0.3 is 10.4 Å². The van der Waals surface area contributed by atoms with Gasteiger partial charge in [0.15, 0.2) is 11.6 Å². The third-order valence-electron chi connectivity index (χ3n) is 3.99. The summed E-state index contributed by atoms with van der Waals surface area (Å²) in [4.78, 5) is 18.4. The summed E-state index contributed by atoms with van der Waals surface area (Å²) < 4.78 is 13.7. The van der Waals surface area contributed by atoms with E-state index in [-0.39, 0.29) is 29.0 Å². The Balaban J connectivity index is 2.23. The maximum atomic E-state index is 13.7. The number of nitrogens with zero attached hydrogens (tertiary/aromatic N) is 2. The van der Waals surface area contributed by atoms with Crippen molar-refractivity contribution >= 4 is 23.4 Å². The van der Waals surface area contributed by atoms with Gasteiger partial charge in [-0.05, 0) is 29.9 Å². The lowest BCUT2D eigenvalue weighted by Gasteiger charge is -2.34. The molecule has 1 aromatic rings. The van der Waals surface area contributed by atoms with E-state index >= 15 is 0 Å². The van der Waals surface area contributed by atoms with Crippen LogP contribution in [0.2, 0.25) is 5.28 Å². The number of hydrogen-bond acceptors (Lipinski definition) is 4. The molecule has 1 aromatic heterocycles. The first kappa shape index (κ1) is 15.0. The Bertz CT molecular complexity index is 506. The Morgan fingerprint density at radius 1 is 1.60 bits per heavy atom. The van der Waals surface area contributed by atoms with Gasteiger partial charge in [0.25, 0.3) is 0 Å². The summed E-state index contributed by atoms with van der Waals surface area (Å²) in [6.07, 6.45) is 4.84. The lowest BCUT2D eigenvalue weighted by molar-refractivity contribution is -0.137. The van der Waals surface area contributed by atoms with E-state index in [9.17, 15) is 9.18 Å². The van der Waals surface area contributed by atoms with E-state index in [1.165, 1.54) is 0 Å². The van der Waals surface area contributed by atoms with Gasteiger partial charge >= 0.3 is 5.97 Å². The minimum Gasteiger partial charge on any atom is -0.481 e. The number of carbonyl (C=O) groups is 1. The lowest BCUT2D eigenvalue weighted by atomic mass is 9.79. The smallest absolute Gasteiger partial charge is 0.305 e. The molecule has 1 heterocycles. The molecule has 1 unspecified atom stereocenters. The van der Waals surface area contributed by atoms with Gasteiger partial charge in [0.2, 0.25) is 5.28 Å². The first-order valence-corrected chi connectivity index (χ1v) is 6.95. The largest absolute Gasteiger partial charge is 0.481 e. The number of anilines is 1. The van der Waals surface area contributed by atoms with Gasteiger partial charge in [-0.15, -0.1) is 0 Å². The Kier molecular flexibility index (Phi) is 4.42. The molecule has 0 bridgehead atoms. The Labute approximate surface area is 121 Å². The van der Waals surface area contributed by atoms with Gasteiger partial charge in [0.05, 0.1) is 12.6 Å². The van der Waals surface area contributed by atoms with Crippen LogP contribution in [0.3, 0.4) is 0 Å². The molecule has 110 valence electrons. The van der Waals surface area contributed by atoms with E-state index in [4.69, 9.17) is 16.7 Å². The molecule has 7 heteroatoms. The summed E-state index contributed by atoms with van der Waals surface area (Å²) in [5.41, 5.74) is -0.178. The van der Waals surface area contributed by atoms with Gasteiger partial charge in [0.1, 0.15) is 0 Å². The monoisotopic (exact) mass is 301 g/mol. The van der Waals surface area contributed by atoms with Crippen molar-refractivity contribution in [2.24, 2.45) is 5.41 Å². The normalized spacial score (nSPS) is 18.8. The predicted molar refractivity (Wildman–Crippen MR) is 73.2 cm³/mol. The highest BCUT2D eigenvalue weighted by Crippen LogP contribution is 2.42. The van der Waals surface area contributed by atoms with Gasteiger partial charge in [-0.1, -0.05) is 19.8 Å². The molecule has 0 saturated heterocycles. The SMILES string of the molecule is CC1(C(CC(=O)O)Nc2nc(Cl)ncc2F)CCCC1. The second kappa shape index (κ2) is 5.91. The number of halogens is 2. The summed E-state index contributed by atoms with van der Waals surface area (Å²) in [5.74, 6) is -1.59. The summed E-state index contributed by atoms with van der Waals surface area (Å²) in [7, 11) is 0. The van der Waals surface area contributed by atoms with Crippen LogP contribution in [0, 0.1) is 11.2 Å². The molecule has 20 heavy (non-hydrogen) atoms. The highest BCUT2D eigenvalue weighted by molar-refractivity contribution is 6.28. The molecular weight excluding hydrogens is 285 g/mol. The van der Waals surface area contributed by atoms with Crippen molar-refractivity contribution in [2.45, 2.75) is 45.1 Å². The molecule has 1 fully saturated rings. The highest BCUT2D eigenvalue weighted by Gasteiger charge is 2.38. The first-order valence-electron chi connectivity index (χ1n) is 6.57. The van der Waals surface area contributed by atoms with E-state index in [0.29, 0.717) is 0 Å². The highest BCUT2D eigenvalue weighted by atomic mass is 35.5. The molecule has 0 amide bonds. The molecule has 1 aliphatic rings. The molecule has 1 aliphatic carbocycles. The molecule has 1 saturated carbocycles. The molecule has 0 spiro atoms. The fourth-order valence-electron chi connectivity index (χ4n) is 2.79. The van der Waals surface area contributed by atoms with Crippen molar-refractivity contribution in [1.29, 1.82) is 0 Å². The minimum absolute atomic E-state index is 0.0376. The van der Waals surface area contributed by atoms with Crippen LogP contribution in [0.1, 0.15) is 39.0 Å². The molecule has 5 nitrogen and oxygen atoms in total. The van der Waals surface area contributed by atoms with Crippen LogP contribution in [0.25, 0.3) is 0 Å². The van der Waals surface area contributed by atoms with Crippen LogP contribution in [0.5, 0.6) is 0 Å². The fourth-order valence-corrected chi connectivity index (χ4v) is 2.92. The Hall–Kier alpha value is -1.43. The van der Waals surface area contributed by atoms with Gasteiger partial charge in [-0.2, -0.15) is 4.98 Å². The van der Waals surface area contributed by atoms with Crippen LogP contribution >= 0.6 is 11.6 Å². The molecule has 1 atom stereocenters. The first-order chi connectivity index (χ1) is 9.40. The number of aromatic nitrogens is 2. The second-order valence-corrected chi connectivity index (χ2v) is 5.83. The number of hydrogen-bond donors (Lipinski definition) is 2. The van der Waals surface area contributed by atoms with E-state index in [0.717, 1.165) is 31.9 Å². The van der Waals surface area contributed by atoms with E-state index in [1.807, 2.05) is 6.92 Å². The maximum absolute atomic E-state index is 13.7. The van der Waals surface area contributed by atoms with Crippen LogP contribution in [0.15, 0.2) is 6.20 Å². The van der Waals surface area contributed by atoms with E-state index in [1.54, 1.807) is 0 Å². The van der Waals surface area contributed by atoms with Crippen molar-refractivity contribution in [2.75, 3.05) is 5.32 Å². The number of rotatable bonds is 5. The average Bonchev–Trinajstić information content (AvgIpc) is 2.81. The zero-order valence-electron chi connectivity index (χ0n) is 11.2. The third kappa shape index (κ3) is 3.36. The number of nitrogens with one attached hydrogen (secondary N) is 1. The summed E-state index contributed by atoms with van der Waals surface area (Å²) >= 11 is 5.66. The predicted octanol–water partition coefficient (Wildman–Crippen LogP) is 3.10. The quantitative estimate of drug-likeness (QED) is 0.817. The maximum Gasteiger partial charge on any atom is 0.305 e. The molecule has 2 rings (SSSR count). The number of carboxylic acid groups (broad SMARTS) is 1. The minimum atomic E-state index is -0.920. The van der Waals surface area contributed by atoms with Crippen LogP contribution in [-0.4, -0.2) is 27.1 Å². The average molecular weight is 302 g/mol. The van der Waals surface area contributed by atoms with Crippen molar-refractivity contribution in [1.82, 2.24) is 9.97 Å². The lowest BCUT2D eigenvalue weighted by Crippen LogP contribution is -2.39.